The molecule has 2 heterocycles. The number of carbonyl (C=O) groups excluding carboxylic acids is 1. The summed E-state index contributed by atoms with van der Waals surface area (Å²) < 4.78 is 5.21. The molecule has 0 N–H and O–H groups in total. The van der Waals surface area contributed by atoms with Gasteiger partial charge in [-0.2, -0.15) is 0 Å². The fourth-order valence-electron chi connectivity index (χ4n) is 3.69. The molecular formula is C19H30N4O2. The van der Waals surface area contributed by atoms with Gasteiger partial charge in [-0.05, 0) is 38.2 Å². The minimum Gasteiger partial charge on any atom is -0.497 e. The van der Waals surface area contributed by atoms with E-state index in [1.54, 1.807) is 7.11 Å². The summed E-state index contributed by atoms with van der Waals surface area (Å²) in [5.74, 6) is 1.14. The lowest BCUT2D eigenvalue weighted by Crippen LogP contribution is -2.56. The van der Waals surface area contributed by atoms with Crippen molar-refractivity contribution in [3.05, 3.63) is 24.3 Å². The second-order valence-corrected chi connectivity index (χ2v) is 7.15. The summed E-state index contributed by atoms with van der Waals surface area (Å²) >= 11 is 0. The van der Waals surface area contributed by atoms with Crippen LogP contribution in [-0.4, -0.2) is 93.2 Å². The van der Waals surface area contributed by atoms with Gasteiger partial charge in [0.15, 0.2) is 0 Å². The van der Waals surface area contributed by atoms with Crippen LogP contribution in [-0.2, 0) is 4.79 Å². The third-order valence-corrected chi connectivity index (χ3v) is 5.38. The Bertz CT molecular complexity index is 569. The molecule has 0 aliphatic carbocycles. The maximum Gasteiger partial charge on any atom is 0.236 e. The molecule has 138 valence electrons. The molecule has 0 bridgehead atoms. The minimum atomic E-state index is 0.269. The van der Waals surface area contributed by atoms with Crippen molar-refractivity contribution in [2.45, 2.75) is 13.0 Å². The van der Waals surface area contributed by atoms with Crippen molar-refractivity contribution < 1.29 is 9.53 Å². The third kappa shape index (κ3) is 4.44. The Hall–Kier alpha value is -1.79. The monoisotopic (exact) mass is 346 g/mol. The van der Waals surface area contributed by atoms with Gasteiger partial charge in [0.25, 0.3) is 0 Å². The van der Waals surface area contributed by atoms with E-state index in [-0.39, 0.29) is 5.91 Å². The number of carbonyl (C=O) groups is 1. The number of nitrogens with zero attached hydrogens (tertiary/aromatic N) is 4. The van der Waals surface area contributed by atoms with Crippen LogP contribution in [0.2, 0.25) is 0 Å². The molecule has 2 fully saturated rings. The molecule has 1 unspecified atom stereocenters. The minimum absolute atomic E-state index is 0.269. The quantitative estimate of drug-likeness (QED) is 0.813. The van der Waals surface area contributed by atoms with E-state index >= 15 is 0 Å². The molecule has 0 spiro atoms. The van der Waals surface area contributed by atoms with Crippen LogP contribution in [0.3, 0.4) is 0 Å². The van der Waals surface area contributed by atoms with Crippen molar-refractivity contribution in [3.63, 3.8) is 0 Å². The summed E-state index contributed by atoms with van der Waals surface area (Å²) in [5, 5.41) is 0. The van der Waals surface area contributed by atoms with Gasteiger partial charge >= 0.3 is 0 Å². The average molecular weight is 346 g/mol. The van der Waals surface area contributed by atoms with Gasteiger partial charge in [-0.15, -0.1) is 0 Å². The van der Waals surface area contributed by atoms with Crippen LogP contribution in [0, 0.1) is 0 Å². The Morgan fingerprint density at radius 2 is 1.76 bits per heavy atom. The Balaban J connectivity index is 1.48. The van der Waals surface area contributed by atoms with Gasteiger partial charge in [0.2, 0.25) is 5.91 Å². The zero-order valence-corrected chi connectivity index (χ0v) is 15.6. The SMILES string of the molecule is COc1ccc(N2CCN(C(=O)CN3CCN(C)CC3C)CC2)cc1. The first-order valence-electron chi connectivity index (χ1n) is 9.16. The number of hydrogen-bond donors (Lipinski definition) is 0. The average Bonchev–Trinajstić information content (AvgIpc) is 2.64. The van der Waals surface area contributed by atoms with Crippen molar-refractivity contribution in [1.29, 1.82) is 0 Å². The number of likely N-dealkylation sites (N-methyl/N-ethyl adjacent to an activating group) is 1. The van der Waals surface area contributed by atoms with Gasteiger partial charge < -0.3 is 19.4 Å². The largest absolute Gasteiger partial charge is 0.497 e. The fraction of sp³-hybridized carbons (Fsp3) is 0.632. The molecule has 0 radical (unpaired) electrons. The van der Waals surface area contributed by atoms with E-state index in [0.29, 0.717) is 12.6 Å². The molecule has 2 saturated heterocycles. The smallest absolute Gasteiger partial charge is 0.236 e. The number of methoxy groups -OCH3 is 1. The van der Waals surface area contributed by atoms with Gasteiger partial charge in [0.05, 0.1) is 13.7 Å². The van der Waals surface area contributed by atoms with Crippen molar-refractivity contribution in [2.75, 3.05) is 71.4 Å². The highest BCUT2D eigenvalue weighted by Crippen LogP contribution is 2.20. The first kappa shape index (κ1) is 18.0. The van der Waals surface area contributed by atoms with Crippen LogP contribution in [0.25, 0.3) is 0 Å². The Kier molecular flexibility index (Phi) is 5.81. The number of benzene rings is 1. The second-order valence-electron chi connectivity index (χ2n) is 7.15. The highest BCUT2D eigenvalue weighted by Gasteiger charge is 2.27. The van der Waals surface area contributed by atoms with Gasteiger partial charge in [0, 0.05) is 57.5 Å². The number of piperazine rings is 2. The molecule has 25 heavy (non-hydrogen) atoms. The van der Waals surface area contributed by atoms with Crippen LogP contribution in [0.4, 0.5) is 5.69 Å². The highest BCUT2D eigenvalue weighted by molar-refractivity contribution is 5.78. The van der Waals surface area contributed by atoms with Crippen LogP contribution in [0.1, 0.15) is 6.92 Å². The van der Waals surface area contributed by atoms with Crippen molar-refractivity contribution in [2.24, 2.45) is 0 Å². The van der Waals surface area contributed by atoms with E-state index in [1.165, 1.54) is 5.69 Å². The summed E-state index contributed by atoms with van der Waals surface area (Å²) in [6.07, 6.45) is 0. The predicted molar refractivity (Wildman–Crippen MR) is 100 cm³/mol. The Morgan fingerprint density at radius 3 is 2.36 bits per heavy atom. The van der Waals surface area contributed by atoms with E-state index in [9.17, 15) is 4.79 Å². The van der Waals surface area contributed by atoms with Crippen LogP contribution in [0.15, 0.2) is 24.3 Å². The number of amides is 1. The summed E-state index contributed by atoms with van der Waals surface area (Å²) in [7, 11) is 3.83. The summed E-state index contributed by atoms with van der Waals surface area (Å²) in [6, 6.07) is 8.59. The molecule has 1 aromatic rings. The lowest BCUT2D eigenvalue weighted by atomic mass is 10.2. The predicted octanol–water partition coefficient (Wildman–Crippen LogP) is 0.980. The Morgan fingerprint density at radius 1 is 1.08 bits per heavy atom. The number of rotatable bonds is 4. The number of anilines is 1. The maximum atomic E-state index is 12.7. The molecule has 2 aliphatic rings. The van der Waals surface area contributed by atoms with Gasteiger partial charge in [0.1, 0.15) is 5.75 Å². The van der Waals surface area contributed by atoms with Crippen molar-refractivity contribution >= 4 is 11.6 Å². The number of ether oxygens (including phenoxy) is 1. The normalized spacial score (nSPS) is 22.9. The topological polar surface area (TPSA) is 39.3 Å². The van der Waals surface area contributed by atoms with Crippen molar-refractivity contribution in [1.82, 2.24) is 14.7 Å². The van der Waals surface area contributed by atoms with E-state index in [0.717, 1.165) is 51.6 Å². The summed E-state index contributed by atoms with van der Waals surface area (Å²) in [5.41, 5.74) is 1.19. The number of hydrogen-bond acceptors (Lipinski definition) is 5. The van der Waals surface area contributed by atoms with Crippen molar-refractivity contribution in [3.8, 4) is 5.75 Å². The standard InChI is InChI=1S/C19H30N4O2/c1-16-14-20(2)8-9-23(16)15-19(24)22-12-10-21(11-13-22)17-4-6-18(25-3)7-5-17/h4-7,16H,8-15H2,1-3H3. The fourth-order valence-corrected chi connectivity index (χ4v) is 3.69. The molecular weight excluding hydrogens is 316 g/mol. The first-order valence-corrected chi connectivity index (χ1v) is 9.16. The highest BCUT2D eigenvalue weighted by atomic mass is 16.5. The van der Waals surface area contributed by atoms with Gasteiger partial charge in [-0.25, -0.2) is 0 Å². The molecule has 1 atom stereocenters. The third-order valence-electron chi connectivity index (χ3n) is 5.38. The van der Waals surface area contributed by atoms with Gasteiger partial charge in [-0.1, -0.05) is 0 Å². The second kappa shape index (κ2) is 8.06. The van der Waals surface area contributed by atoms with E-state index in [4.69, 9.17) is 4.74 Å². The van der Waals surface area contributed by atoms with E-state index < -0.39 is 0 Å². The summed E-state index contributed by atoms with van der Waals surface area (Å²) in [4.78, 5) is 21.7. The van der Waals surface area contributed by atoms with Crippen LogP contribution >= 0.6 is 0 Å². The first-order chi connectivity index (χ1) is 12.1. The molecule has 0 saturated carbocycles. The van der Waals surface area contributed by atoms with E-state index in [2.05, 4.69) is 40.8 Å². The van der Waals surface area contributed by atoms with Crippen LogP contribution in [0.5, 0.6) is 5.75 Å². The lowest BCUT2D eigenvalue weighted by molar-refractivity contribution is -0.133. The molecule has 3 rings (SSSR count). The molecule has 0 aromatic heterocycles. The lowest BCUT2D eigenvalue weighted by Gasteiger charge is -2.40. The molecule has 2 aliphatic heterocycles. The zero-order chi connectivity index (χ0) is 17.8. The molecule has 1 aromatic carbocycles. The van der Waals surface area contributed by atoms with Gasteiger partial charge in [-0.3, -0.25) is 9.69 Å². The van der Waals surface area contributed by atoms with Crippen LogP contribution < -0.4 is 9.64 Å². The molecule has 6 heteroatoms. The maximum absolute atomic E-state index is 12.7. The summed E-state index contributed by atoms with van der Waals surface area (Å²) in [6.45, 7) is 9.20. The van der Waals surface area contributed by atoms with E-state index in [1.807, 2.05) is 17.0 Å². The molecule has 1 amide bonds. The Labute approximate surface area is 150 Å². The zero-order valence-electron chi connectivity index (χ0n) is 15.6. The molecule has 6 nitrogen and oxygen atoms in total.